The predicted octanol–water partition coefficient (Wildman–Crippen LogP) is 3.76. The van der Waals surface area contributed by atoms with Crippen molar-refractivity contribution in [3.63, 3.8) is 0 Å². The molecule has 0 radical (unpaired) electrons. The van der Waals surface area contributed by atoms with E-state index >= 15 is 0 Å². The summed E-state index contributed by atoms with van der Waals surface area (Å²) in [5.41, 5.74) is -0.323. The van der Waals surface area contributed by atoms with Crippen LogP contribution in [0.25, 0.3) is 0 Å². The van der Waals surface area contributed by atoms with Crippen molar-refractivity contribution >= 4 is 11.9 Å². The van der Waals surface area contributed by atoms with Crippen LogP contribution < -0.4 is 0 Å². The first-order valence-corrected chi connectivity index (χ1v) is 10.1. The van der Waals surface area contributed by atoms with E-state index in [1.807, 2.05) is 37.8 Å². The van der Waals surface area contributed by atoms with Gasteiger partial charge in [0.15, 0.2) is 0 Å². The maximum atomic E-state index is 12.1. The van der Waals surface area contributed by atoms with Crippen LogP contribution in [0.2, 0.25) is 0 Å². The molecule has 0 aliphatic carbocycles. The van der Waals surface area contributed by atoms with E-state index in [4.69, 9.17) is 5.11 Å². The molecule has 152 valence electrons. The molecule has 0 aromatic carbocycles. The molecular weight excluding hydrogens is 342 g/mol. The van der Waals surface area contributed by atoms with E-state index in [-0.39, 0.29) is 23.8 Å². The number of hydrogen-bond acceptors (Lipinski definition) is 3. The number of carboxylic acid groups (broad SMARTS) is 1. The summed E-state index contributed by atoms with van der Waals surface area (Å²) >= 11 is 0. The lowest BCUT2D eigenvalue weighted by Crippen LogP contribution is -2.33. The number of carboxylic acids is 1. The molecule has 0 bridgehead atoms. The van der Waals surface area contributed by atoms with Crippen LogP contribution in [0, 0.1) is 17.3 Å². The molecular formula is C22H35NO4. The average molecular weight is 378 g/mol. The van der Waals surface area contributed by atoms with E-state index < -0.39 is 12.1 Å². The van der Waals surface area contributed by atoms with Crippen LogP contribution in [0.3, 0.4) is 0 Å². The molecule has 0 spiro atoms. The van der Waals surface area contributed by atoms with E-state index in [9.17, 15) is 14.7 Å². The number of likely N-dealkylation sites (tertiary alicyclic amines) is 1. The summed E-state index contributed by atoms with van der Waals surface area (Å²) in [4.78, 5) is 24.5. The molecule has 1 rings (SSSR count). The highest BCUT2D eigenvalue weighted by Gasteiger charge is 2.30. The van der Waals surface area contributed by atoms with Crippen molar-refractivity contribution in [2.45, 2.75) is 90.7 Å². The Balaban J connectivity index is 2.48. The summed E-state index contributed by atoms with van der Waals surface area (Å²) in [5, 5.41) is 19.1. The SMILES string of the molecule is CCC#CCC(C)(C)[C@H](O)C=C[C@H]1CCC(=O)N1CCCCCCC(=O)O. The molecule has 1 fully saturated rings. The van der Waals surface area contributed by atoms with Gasteiger partial charge >= 0.3 is 5.97 Å². The van der Waals surface area contributed by atoms with Crippen LogP contribution in [0.1, 0.15) is 78.6 Å². The number of aliphatic carboxylic acids is 1. The smallest absolute Gasteiger partial charge is 0.303 e. The zero-order valence-corrected chi connectivity index (χ0v) is 17.0. The van der Waals surface area contributed by atoms with Crippen LogP contribution in [0.15, 0.2) is 12.2 Å². The van der Waals surface area contributed by atoms with Crippen molar-refractivity contribution in [2.75, 3.05) is 6.54 Å². The van der Waals surface area contributed by atoms with Gasteiger partial charge in [0.1, 0.15) is 0 Å². The molecule has 1 amide bonds. The summed E-state index contributed by atoms with van der Waals surface area (Å²) in [6.07, 6.45) is 9.57. The zero-order chi connectivity index (χ0) is 20.3. The summed E-state index contributed by atoms with van der Waals surface area (Å²) in [5.74, 6) is 5.56. The number of unbranched alkanes of at least 4 members (excludes halogenated alkanes) is 3. The second kappa shape index (κ2) is 11.8. The van der Waals surface area contributed by atoms with Crippen LogP contribution >= 0.6 is 0 Å². The minimum atomic E-state index is -0.753. The first-order chi connectivity index (χ1) is 12.8. The van der Waals surface area contributed by atoms with Crippen molar-refractivity contribution in [1.82, 2.24) is 4.90 Å². The van der Waals surface area contributed by atoms with Crippen LogP contribution in [0.5, 0.6) is 0 Å². The van der Waals surface area contributed by atoms with Gasteiger partial charge in [0.05, 0.1) is 12.1 Å². The van der Waals surface area contributed by atoms with Crippen LogP contribution in [-0.4, -0.2) is 45.7 Å². The fourth-order valence-electron chi connectivity index (χ4n) is 3.17. The number of hydrogen-bond donors (Lipinski definition) is 2. The Bertz CT molecular complexity index is 571. The molecule has 1 aliphatic rings. The maximum absolute atomic E-state index is 12.1. The lowest BCUT2D eigenvalue weighted by atomic mass is 9.83. The number of carbonyl (C=O) groups excluding carboxylic acids is 1. The summed E-state index contributed by atoms with van der Waals surface area (Å²) in [6, 6.07) is 0.0451. The Morgan fingerprint density at radius 2 is 2.00 bits per heavy atom. The van der Waals surface area contributed by atoms with E-state index in [1.165, 1.54) is 0 Å². The molecule has 0 saturated carbocycles. The molecule has 5 heteroatoms. The van der Waals surface area contributed by atoms with E-state index in [1.54, 1.807) is 0 Å². The molecule has 1 aliphatic heterocycles. The van der Waals surface area contributed by atoms with E-state index in [0.717, 1.165) is 32.1 Å². The minimum absolute atomic E-state index is 0.0451. The third-order valence-electron chi connectivity index (χ3n) is 5.08. The molecule has 2 atom stereocenters. The monoisotopic (exact) mass is 377 g/mol. The number of nitrogens with zero attached hydrogens (tertiary/aromatic N) is 1. The number of aliphatic hydroxyl groups is 1. The normalized spacial score (nSPS) is 18.6. The molecule has 0 unspecified atom stereocenters. The quantitative estimate of drug-likeness (QED) is 0.326. The number of rotatable bonds is 11. The summed E-state index contributed by atoms with van der Waals surface area (Å²) in [7, 11) is 0. The largest absolute Gasteiger partial charge is 0.481 e. The van der Waals surface area contributed by atoms with Crippen molar-refractivity contribution in [1.29, 1.82) is 0 Å². The number of aliphatic hydroxyl groups excluding tert-OH is 1. The third-order valence-corrected chi connectivity index (χ3v) is 5.08. The Hall–Kier alpha value is -1.80. The topological polar surface area (TPSA) is 77.8 Å². The summed E-state index contributed by atoms with van der Waals surface area (Å²) in [6.45, 7) is 6.71. The van der Waals surface area contributed by atoms with Gasteiger partial charge in [0.2, 0.25) is 5.91 Å². The van der Waals surface area contributed by atoms with Crippen molar-refractivity contribution in [3.05, 3.63) is 12.2 Å². The Morgan fingerprint density at radius 3 is 2.67 bits per heavy atom. The van der Waals surface area contributed by atoms with Gasteiger partial charge in [0, 0.05) is 37.6 Å². The van der Waals surface area contributed by atoms with Gasteiger partial charge < -0.3 is 15.1 Å². The van der Waals surface area contributed by atoms with Gasteiger partial charge in [0.25, 0.3) is 0 Å². The molecule has 2 N–H and O–H groups in total. The molecule has 1 heterocycles. The molecule has 5 nitrogen and oxygen atoms in total. The van der Waals surface area contributed by atoms with Crippen LogP contribution in [0.4, 0.5) is 0 Å². The predicted molar refractivity (Wildman–Crippen MR) is 107 cm³/mol. The van der Waals surface area contributed by atoms with Gasteiger partial charge in [-0.2, -0.15) is 0 Å². The Morgan fingerprint density at radius 1 is 1.30 bits per heavy atom. The average Bonchev–Trinajstić information content (AvgIpc) is 2.95. The molecule has 1 saturated heterocycles. The number of amides is 1. The Labute approximate surface area is 163 Å². The van der Waals surface area contributed by atoms with Gasteiger partial charge in [-0.3, -0.25) is 9.59 Å². The molecule has 0 aromatic rings. The zero-order valence-electron chi connectivity index (χ0n) is 17.0. The maximum Gasteiger partial charge on any atom is 0.303 e. The van der Waals surface area contributed by atoms with Gasteiger partial charge in [-0.05, 0) is 19.3 Å². The van der Waals surface area contributed by atoms with Gasteiger partial charge in [-0.1, -0.05) is 45.8 Å². The second-order valence-corrected chi connectivity index (χ2v) is 7.95. The van der Waals surface area contributed by atoms with Crippen molar-refractivity contribution in [2.24, 2.45) is 5.41 Å². The minimum Gasteiger partial charge on any atom is -0.481 e. The second-order valence-electron chi connectivity index (χ2n) is 7.95. The van der Waals surface area contributed by atoms with Crippen molar-refractivity contribution < 1.29 is 19.8 Å². The third kappa shape index (κ3) is 8.62. The lowest BCUT2D eigenvalue weighted by Gasteiger charge is -2.27. The molecule has 27 heavy (non-hydrogen) atoms. The highest BCUT2D eigenvalue weighted by atomic mass is 16.4. The first-order valence-electron chi connectivity index (χ1n) is 10.1. The number of carbonyl (C=O) groups is 2. The fraction of sp³-hybridized carbons (Fsp3) is 0.727. The highest BCUT2D eigenvalue weighted by Crippen LogP contribution is 2.27. The fourth-order valence-corrected chi connectivity index (χ4v) is 3.17. The molecule has 0 aromatic heterocycles. The van der Waals surface area contributed by atoms with Crippen LogP contribution in [-0.2, 0) is 9.59 Å². The van der Waals surface area contributed by atoms with E-state index in [0.29, 0.717) is 25.8 Å². The van der Waals surface area contributed by atoms with Gasteiger partial charge in [-0.25, -0.2) is 0 Å². The van der Waals surface area contributed by atoms with E-state index in [2.05, 4.69) is 11.8 Å². The Kier molecular flexibility index (Phi) is 10.2. The highest BCUT2D eigenvalue weighted by molar-refractivity contribution is 5.79. The van der Waals surface area contributed by atoms with Gasteiger partial charge in [-0.15, -0.1) is 11.8 Å². The standard InChI is InChI=1S/C22H35NO4/c1-4-5-9-16-22(2,3)19(24)14-12-18-13-15-20(25)23(18)17-10-7-6-8-11-21(26)27/h12,14,18-19,24H,4,6-8,10-11,13,15-17H2,1-3H3,(H,26,27)/t18-,19+/m0/s1. The lowest BCUT2D eigenvalue weighted by molar-refractivity contribution is -0.137. The first kappa shape index (κ1) is 23.2. The summed E-state index contributed by atoms with van der Waals surface area (Å²) < 4.78 is 0. The van der Waals surface area contributed by atoms with Crippen molar-refractivity contribution in [3.8, 4) is 11.8 Å².